The van der Waals surface area contributed by atoms with E-state index in [0.29, 0.717) is 38.5 Å². The van der Waals surface area contributed by atoms with E-state index in [2.05, 4.69) is 0 Å². The van der Waals surface area contributed by atoms with Crippen molar-refractivity contribution in [3.63, 3.8) is 0 Å². The zero-order chi connectivity index (χ0) is 20.0. The first-order valence-electron chi connectivity index (χ1n) is 10.9. The molecule has 140 valence electrons. The summed E-state index contributed by atoms with van der Waals surface area (Å²) < 4.78 is 17.8. The second-order valence-corrected chi connectivity index (χ2v) is 9.52. The maximum absolute atomic E-state index is 14.6. The minimum absolute atomic E-state index is 0.0279. The fraction of sp³-hybridized carbons (Fsp3) is 0.609. The quantitative estimate of drug-likeness (QED) is 0.488. The lowest BCUT2D eigenvalue weighted by molar-refractivity contribution is -0.142. The third kappa shape index (κ3) is 2.53. The number of Topliss-reactive ketones (excluding diaryl/α,β-unsaturated/α-hetero) is 1. The fourth-order valence-electron chi connectivity index (χ4n) is 5.46. The first-order chi connectivity index (χ1) is 13.3. The molecule has 0 aromatic heterocycles. The van der Waals surface area contributed by atoms with Crippen LogP contribution in [0.15, 0.2) is 48.6 Å². The van der Waals surface area contributed by atoms with Gasteiger partial charge in [0.2, 0.25) is 0 Å². The van der Waals surface area contributed by atoms with E-state index in [4.69, 9.17) is 25.9 Å². The predicted molar refractivity (Wildman–Crippen MR) is 110 cm³/mol. The van der Waals surface area contributed by atoms with Crippen molar-refractivity contribution in [1.82, 2.24) is 0 Å². The molecule has 0 bridgehead atoms. The second kappa shape index (κ2) is 6.67. The summed E-state index contributed by atoms with van der Waals surface area (Å²) in [6.07, 6.45) is 19.6. The summed E-state index contributed by atoms with van der Waals surface area (Å²) in [5, 5.41) is 0. The van der Waals surface area contributed by atoms with Crippen molar-refractivity contribution >= 4 is 29.0 Å². The number of rotatable bonds is 4. The van der Waals surface area contributed by atoms with Gasteiger partial charge in [-0.1, -0.05) is 74.3 Å². The van der Waals surface area contributed by atoms with Crippen LogP contribution in [0.25, 0.3) is 0 Å². The zero-order valence-corrected chi connectivity index (χ0v) is 16.6. The summed E-state index contributed by atoms with van der Waals surface area (Å²) in [7, 11) is 0. The standard InChI is InChI=1S/C23H28Cl2O/c24-22(15-3-1-4-16-22)20(11-7-8-12-20)19(26)21(13-9-10-14-21)23(25)17-5-2-6-18-23/h1-6,15,17H,7-14,16,18H2/i11D,13D. The van der Waals surface area contributed by atoms with Gasteiger partial charge in [-0.25, -0.2) is 0 Å². The number of hydrogen-bond donors (Lipinski definition) is 0. The van der Waals surface area contributed by atoms with Gasteiger partial charge in [0, 0.05) is 2.74 Å². The van der Waals surface area contributed by atoms with Gasteiger partial charge in [-0.3, -0.25) is 4.79 Å². The minimum Gasteiger partial charge on any atom is -0.298 e. The lowest BCUT2D eigenvalue weighted by Gasteiger charge is -2.51. The molecule has 0 spiro atoms. The summed E-state index contributed by atoms with van der Waals surface area (Å²) in [4.78, 5) is 12.8. The van der Waals surface area contributed by atoms with Gasteiger partial charge < -0.3 is 0 Å². The Bertz CT molecular complexity index is 713. The largest absolute Gasteiger partial charge is 0.298 e. The van der Waals surface area contributed by atoms with Crippen molar-refractivity contribution < 1.29 is 7.54 Å². The van der Waals surface area contributed by atoms with Crippen LogP contribution in [0.1, 0.15) is 66.9 Å². The summed E-state index contributed by atoms with van der Waals surface area (Å²) in [5.41, 5.74) is -2.01. The highest BCUT2D eigenvalue weighted by Gasteiger charge is 2.65. The molecule has 0 radical (unpaired) electrons. The van der Waals surface area contributed by atoms with Crippen LogP contribution in [0.2, 0.25) is 0 Å². The third-order valence-electron chi connectivity index (χ3n) is 6.87. The Morgan fingerprint density at radius 2 is 1.23 bits per heavy atom. The Hall–Kier alpha value is -0.790. The first kappa shape index (κ1) is 16.2. The normalized spacial score (nSPS) is 51.5. The van der Waals surface area contributed by atoms with Crippen LogP contribution in [0.5, 0.6) is 0 Å². The van der Waals surface area contributed by atoms with Crippen LogP contribution >= 0.6 is 23.2 Å². The van der Waals surface area contributed by atoms with E-state index >= 15 is 0 Å². The average molecular weight is 393 g/mol. The summed E-state index contributed by atoms with van der Waals surface area (Å²) >= 11 is 14.4. The van der Waals surface area contributed by atoms with E-state index in [1.807, 2.05) is 48.6 Å². The molecule has 0 aliphatic heterocycles. The maximum Gasteiger partial charge on any atom is 0.149 e. The second-order valence-electron chi connectivity index (χ2n) is 8.17. The van der Waals surface area contributed by atoms with Gasteiger partial charge in [0.15, 0.2) is 0 Å². The van der Waals surface area contributed by atoms with Gasteiger partial charge in [0.25, 0.3) is 0 Å². The molecule has 0 heterocycles. The summed E-state index contributed by atoms with van der Waals surface area (Å²) in [6.45, 7) is 0. The van der Waals surface area contributed by atoms with Crippen molar-refractivity contribution in [3.8, 4) is 0 Å². The van der Waals surface area contributed by atoms with E-state index in [-0.39, 0.29) is 5.78 Å². The van der Waals surface area contributed by atoms with Crippen molar-refractivity contribution in [3.05, 3.63) is 48.6 Å². The molecule has 6 atom stereocenters. The van der Waals surface area contributed by atoms with Crippen LogP contribution in [0, 0.1) is 10.8 Å². The Kier molecular flexibility index (Phi) is 4.16. The lowest BCUT2D eigenvalue weighted by atomic mass is 9.56. The smallest absolute Gasteiger partial charge is 0.149 e. The van der Waals surface area contributed by atoms with E-state index < -0.39 is 33.4 Å². The highest BCUT2D eigenvalue weighted by Crippen LogP contribution is 2.63. The number of allylic oxidation sites excluding steroid dienone is 8. The maximum atomic E-state index is 14.6. The van der Waals surface area contributed by atoms with Crippen molar-refractivity contribution in [2.45, 2.75) is 73.9 Å². The van der Waals surface area contributed by atoms with Crippen LogP contribution in [0.4, 0.5) is 0 Å². The molecule has 2 fully saturated rings. The van der Waals surface area contributed by atoms with Crippen molar-refractivity contribution in [2.75, 3.05) is 0 Å². The molecular formula is C23H28Cl2O. The molecule has 0 N–H and O–H groups in total. The Balaban J connectivity index is 1.88. The Labute approximate surface area is 170 Å². The monoisotopic (exact) mass is 392 g/mol. The van der Waals surface area contributed by atoms with E-state index in [1.54, 1.807) is 0 Å². The number of hydrogen-bond acceptors (Lipinski definition) is 1. The zero-order valence-electron chi connectivity index (χ0n) is 17.1. The minimum atomic E-state index is -1.00. The fourth-order valence-corrected chi connectivity index (χ4v) is 6.29. The third-order valence-corrected chi connectivity index (χ3v) is 8.11. The molecule has 1 nitrogen and oxygen atoms in total. The molecule has 2 saturated carbocycles. The van der Waals surface area contributed by atoms with E-state index in [9.17, 15) is 4.79 Å². The van der Waals surface area contributed by atoms with Gasteiger partial charge in [0.05, 0.1) is 20.6 Å². The topological polar surface area (TPSA) is 17.1 Å². The molecular weight excluding hydrogens is 363 g/mol. The molecule has 0 aromatic rings. The van der Waals surface area contributed by atoms with Gasteiger partial charge in [-0.05, 0) is 38.5 Å². The molecule has 4 rings (SSSR count). The van der Waals surface area contributed by atoms with Gasteiger partial charge in [-0.2, -0.15) is 0 Å². The summed E-state index contributed by atoms with van der Waals surface area (Å²) in [6, 6.07) is 0. The van der Waals surface area contributed by atoms with Crippen LogP contribution < -0.4 is 0 Å². The van der Waals surface area contributed by atoms with E-state index in [0.717, 1.165) is 12.8 Å². The summed E-state index contributed by atoms with van der Waals surface area (Å²) in [5.74, 6) is -0.0279. The molecule has 0 amide bonds. The molecule has 0 saturated heterocycles. The lowest BCUT2D eigenvalue weighted by Crippen LogP contribution is -2.58. The van der Waals surface area contributed by atoms with Crippen LogP contribution in [-0.4, -0.2) is 15.5 Å². The molecule has 0 aromatic carbocycles. The molecule has 26 heavy (non-hydrogen) atoms. The number of alkyl halides is 2. The molecule has 6 unspecified atom stereocenters. The van der Waals surface area contributed by atoms with Gasteiger partial charge in [0.1, 0.15) is 5.78 Å². The van der Waals surface area contributed by atoms with Gasteiger partial charge in [-0.15, -0.1) is 23.2 Å². The van der Waals surface area contributed by atoms with Crippen LogP contribution in [0.3, 0.4) is 0 Å². The van der Waals surface area contributed by atoms with Crippen LogP contribution in [-0.2, 0) is 4.79 Å². The van der Waals surface area contributed by atoms with Crippen molar-refractivity contribution in [2.24, 2.45) is 10.8 Å². The average Bonchev–Trinajstić information content (AvgIpc) is 3.27. The predicted octanol–water partition coefficient (Wildman–Crippen LogP) is 6.66. The Morgan fingerprint density at radius 3 is 1.54 bits per heavy atom. The molecule has 4 aliphatic rings. The number of ketones is 1. The number of carbonyl (C=O) groups excluding carboxylic acids is 1. The molecule has 3 heteroatoms. The number of carbonyl (C=O) groups is 1. The SMILES string of the molecule is [2H]C1CCCC1(C(=O)C1(C2(Cl)C=CC=CC2)CCCC1[2H])C1(Cl)C=CC=CC1. The van der Waals surface area contributed by atoms with Crippen molar-refractivity contribution in [1.29, 1.82) is 0 Å². The highest BCUT2D eigenvalue weighted by molar-refractivity contribution is 6.30. The Morgan fingerprint density at radius 1 is 0.769 bits per heavy atom. The highest BCUT2D eigenvalue weighted by atomic mass is 35.5. The van der Waals surface area contributed by atoms with E-state index in [1.165, 1.54) is 0 Å². The number of halogens is 2. The molecule has 4 aliphatic carbocycles. The first-order valence-corrected chi connectivity index (χ1v) is 10.5. The van der Waals surface area contributed by atoms with Gasteiger partial charge >= 0.3 is 0 Å².